The Hall–Kier alpha value is -3.81. The minimum absolute atomic E-state index is 0.287. The van der Waals surface area contributed by atoms with Gasteiger partial charge in [0.2, 0.25) is 5.75 Å². The van der Waals surface area contributed by atoms with Gasteiger partial charge in [0.1, 0.15) is 17.4 Å². The largest absolute Gasteiger partial charge is 0.493 e. The number of para-hydroxylation sites is 1. The fourth-order valence-corrected chi connectivity index (χ4v) is 3.08. The summed E-state index contributed by atoms with van der Waals surface area (Å²) in [4.78, 5) is 20.3. The van der Waals surface area contributed by atoms with Crippen LogP contribution in [0.5, 0.6) is 17.2 Å². The molecule has 0 aliphatic carbocycles. The van der Waals surface area contributed by atoms with Crippen molar-refractivity contribution in [1.29, 1.82) is 0 Å². The molecule has 0 atom stereocenters. The summed E-state index contributed by atoms with van der Waals surface area (Å²) in [7, 11) is 4.61. The number of aromatic nitrogens is 3. The normalized spacial score (nSPS) is 11.4. The number of benzene rings is 2. The molecule has 0 radical (unpaired) electrons. The van der Waals surface area contributed by atoms with E-state index in [-0.39, 0.29) is 5.56 Å². The molecule has 0 fully saturated rings. The second-order valence-corrected chi connectivity index (χ2v) is 5.99. The molecule has 4 aromatic rings. The highest BCUT2D eigenvalue weighted by atomic mass is 16.5. The number of aromatic amines is 1. The molecule has 0 saturated carbocycles. The van der Waals surface area contributed by atoms with Crippen LogP contribution < -0.4 is 19.8 Å². The topological polar surface area (TPSA) is 90.7 Å². The van der Waals surface area contributed by atoms with Crippen LogP contribution in [0.2, 0.25) is 0 Å². The summed E-state index contributed by atoms with van der Waals surface area (Å²) in [5, 5.41) is 5.15. The summed E-state index contributed by atoms with van der Waals surface area (Å²) in [6.45, 7) is 0. The Labute approximate surface area is 160 Å². The van der Waals surface area contributed by atoms with Gasteiger partial charge in [-0.2, -0.15) is 9.78 Å². The summed E-state index contributed by atoms with van der Waals surface area (Å²) in [5.41, 5.74) is 2.28. The fourth-order valence-electron chi connectivity index (χ4n) is 3.08. The maximum Gasteiger partial charge on any atom is 0.298 e. The first-order chi connectivity index (χ1) is 13.7. The van der Waals surface area contributed by atoms with Gasteiger partial charge < -0.3 is 19.2 Å². The van der Waals surface area contributed by atoms with Crippen LogP contribution in [0.1, 0.15) is 5.56 Å². The molecule has 0 saturated heterocycles. The Balaban J connectivity index is 1.78. The Morgan fingerprint density at radius 3 is 2.46 bits per heavy atom. The molecule has 0 amide bonds. The lowest BCUT2D eigenvalue weighted by atomic mass is 10.2. The van der Waals surface area contributed by atoms with E-state index in [0.717, 1.165) is 10.9 Å². The summed E-state index contributed by atoms with van der Waals surface area (Å²) >= 11 is 0. The predicted octanol–water partition coefficient (Wildman–Crippen LogP) is 2.79. The maximum atomic E-state index is 12.8. The number of rotatable bonds is 5. The van der Waals surface area contributed by atoms with Crippen LogP contribution in [-0.4, -0.2) is 42.2 Å². The first-order valence-electron chi connectivity index (χ1n) is 8.48. The van der Waals surface area contributed by atoms with E-state index in [1.807, 2.05) is 24.3 Å². The van der Waals surface area contributed by atoms with Crippen LogP contribution in [0, 0.1) is 0 Å². The lowest BCUT2D eigenvalue weighted by Gasteiger charge is -2.12. The Kier molecular flexibility index (Phi) is 4.44. The van der Waals surface area contributed by atoms with Gasteiger partial charge in [-0.15, -0.1) is 0 Å². The van der Waals surface area contributed by atoms with Crippen molar-refractivity contribution < 1.29 is 14.2 Å². The van der Waals surface area contributed by atoms with Gasteiger partial charge in [-0.25, -0.2) is 4.98 Å². The van der Waals surface area contributed by atoms with E-state index in [1.165, 1.54) is 38.5 Å². The molecule has 2 aromatic carbocycles. The van der Waals surface area contributed by atoms with Gasteiger partial charge in [-0.05, 0) is 18.2 Å². The number of ether oxygens (including phenoxy) is 3. The van der Waals surface area contributed by atoms with Gasteiger partial charge in [0, 0.05) is 16.5 Å². The van der Waals surface area contributed by atoms with Crippen LogP contribution in [0.15, 0.2) is 52.6 Å². The SMILES string of the molecule is COc1cc(/C=N/n2cnc3c([nH]c4ccccc43)c2=O)cc(OC)c1OC. The van der Waals surface area contributed by atoms with Gasteiger partial charge in [0.15, 0.2) is 11.5 Å². The highest BCUT2D eigenvalue weighted by Gasteiger charge is 2.13. The molecule has 8 heteroatoms. The molecule has 8 nitrogen and oxygen atoms in total. The van der Waals surface area contributed by atoms with Gasteiger partial charge in [-0.1, -0.05) is 18.2 Å². The molecule has 142 valence electrons. The van der Waals surface area contributed by atoms with E-state index in [0.29, 0.717) is 33.8 Å². The highest BCUT2D eigenvalue weighted by Crippen LogP contribution is 2.37. The zero-order valence-corrected chi connectivity index (χ0v) is 15.6. The van der Waals surface area contributed by atoms with Crippen LogP contribution >= 0.6 is 0 Å². The van der Waals surface area contributed by atoms with Crippen molar-refractivity contribution in [3.05, 3.63) is 58.6 Å². The standard InChI is InChI=1S/C20H18N4O4/c1-26-15-8-12(9-16(27-2)19(15)28-3)10-22-24-11-21-17-13-6-4-5-7-14(13)23-18(17)20(24)25/h4-11,23H,1-3H3/b22-10+. The fraction of sp³-hybridized carbons (Fsp3) is 0.150. The van der Waals surface area contributed by atoms with Gasteiger partial charge in [0.05, 0.1) is 27.5 Å². The Bertz CT molecular complexity index is 1230. The smallest absolute Gasteiger partial charge is 0.298 e. The van der Waals surface area contributed by atoms with E-state index >= 15 is 0 Å². The Morgan fingerprint density at radius 2 is 1.79 bits per heavy atom. The summed E-state index contributed by atoms with van der Waals surface area (Å²) < 4.78 is 17.2. The minimum Gasteiger partial charge on any atom is -0.493 e. The van der Waals surface area contributed by atoms with Crippen molar-refractivity contribution in [1.82, 2.24) is 14.6 Å². The molecule has 0 unspecified atom stereocenters. The molecule has 1 N–H and O–H groups in total. The van der Waals surface area contributed by atoms with Crippen LogP contribution in [0.3, 0.4) is 0 Å². The zero-order valence-electron chi connectivity index (χ0n) is 15.6. The second-order valence-electron chi connectivity index (χ2n) is 5.99. The monoisotopic (exact) mass is 378 g/mol. The van der Waals surface area contributed by atoms with E-state index in [9.17, 15) is 4.79 Å². The molecule has 4 rings (SSSR count). The molecular formula is C20H18N4O4. The number of methoxy groups -OCH3 is 3. The number of H-pyrrole nitrogens is 1. The first kappa shape index (κ1) is 17.6. The molecule has 0 spiro atoms. The minimum atomic E-state index is -0.287. The molecule has 0 aliphatic rings. The third-order valence-electron chi connectivity index (χ3n) is 4.42. The number of fused-ring (bicyclic) bond motifs is 3. The van der Waals surface area contributed by atoms with Crippen molar-refractivity contribution >= 4 is 28.2 Å². The van der Waals surface area contributed by atoms with E-state index in [2.05, 4.69) is 15.1 Å². The van der Waals surface area contributed by atoms with Gasteiger partial charge >= 0.3 is 0 Å². The van der Waals surface area contributed by atoms with Crippen molar-refractivity contribution in [2.45, 2.75) is 0 Å². The third-order valence-corrected chi connectivity index (χ3v) is 4.42. The number of hydrogen-bond acceptors (Lipinski definition) is 6. The van der Waals surface area contributed by atoms with E-state index in [1.54, 1.807) is 12.1 Å². The highest BCUT2D eigenvalue weighted by molar-refractivity contribution is 6.04. The van der Waals surface area contributed by atoms with Crippen molar-refractivity contribution in [3.63, 3.8) is 0 Å². The number of hydrogen-bond donors (Lipinski definition) is 1. The van der Waals surface area contributed by atoms with Crippen molar-refractivity contribution in [3.8, 4) is 17.2 Å². The van der Waals surface area contributed by atoms with Crippen LogP contribution in [-0.2, 0) is 0 Å². The average molecular weight is 378 g/mol. The first-order valence-corrected chi connectivity index (χ1v) is 8.48. The molecule has 0 aliphatic heterocycles. The summed E-state index contributed by atoms with van der Waals surface area (Å²) in [6, 6.07) is 11.1. The average Bonchev–Trinajstić information content (AvgIpc) is 3.12. The molecule has 2 aromatic heterocycles. The third kappa shape index (κ3) is 2.84. The predicted molar refractivity (Wildman–Crippen MR) is 107 cm³/mol. The lowest BCUT2D eigenvalue weighted by molar-refractivity contribution is 0.324. The molecule has 0 bridgehead atoms. The Morgan fingerprint density at radius 1 is 1.07 bits per heavy atom. The number of nitrogens with one attached hydrogen (secondary N) is 1. The second kappa shape index (κ2) is 7.07. The quantitative estimate of drug-likeness (QED) is 0.539. The van der Waals surface area contributed by atoms with Crippen molar-refractivity contribution in [2.24, 2.45) is 5.10 Å². The maximum absolute atomic E-state index is 12.8. The number of nitrogens with zero attached hydrogens (tertiary/aromatic N) is 3. The molecule has 28 heavy (non-hydrogen) atoms. The molecular weight excluding hydrogens is 360 g/mol. The van der Waals surface area contributed by atoms with E-state index < -0.39 is 0 Å². The van der Waals surface area contributed by atoms with Gasteiger partial charge in [-0.3, -0.25) is 4.79 Å². The van der Waals surface area contributed by atoms with Crippen LogP contribution in [0.25, 0.3) is 21.9 Å². The summed E-state index contributed by atoms with van der Waals surface area (Å²) in [5.74, 6) is 1.49. The molecule has 2 heterocycles. The summed E-state index contributed by atoms with van der Waals surface area (Å²) in [6.07, 6.45) is 2.93. The zero-order chi connectivity index (χ0) is 19.7. The van der Waals surface area contributed by atoms with E-state index in [4.69, 9.17) is 14.2 Å². The van der Waals surface area contributed by atoms with Gasteiger partial charge in [0.25, 0.3) is 5.56 Å². The van der Waals surface area contributed by atoms with Crippen molar-refractivity contribution in [2.75, 3.05) is 21.3 Å². The van der Waals surface area contributed by atoms with Crippen LogP contribution in [0.4, 0.5) is 0 Å². The lowest BCUT2D eigenvalue weighted by Crippen LogP contribution is -2.17.